The van der Waals surface area contributed by atoms with Gasteiger partial charge in [-0.1, -0.05) is 11.6 Å². The summed E-state index contributed by atoms with van der Waals surface area (Å²) in [6.07, 6.45) is 0. The third-order valence-corrected chi connectivity index (χ3v) is 5.11. The van der Waals surface area contributed by atoms with Gasteiger partial charge in [-0.2, -0.15) is 0 Å². The Hall–Kier alpha value is -2.21. The lowest BCUT2D eigenvalue weighted by Crippen LogP contribution is -2.24. The van der Waals surface area contributed by atoms with E-state index in [4.69, 9.17) is 4.74 Å². The second kappa shape index (κ2) is 6.36. The number of nitrogens with zero attached hydrogens (tertiary/aromatic N) is 2. The van der Waals surface area contributed by atoms with Crippen LogP contribution in [0, 0.1) is 20.8 Å². The molecule has 0 N–H and O–H groups in total. The third kappa shape index (κ3) is 2.60. The van der Waals surface area contributed by atoms with E-state index in [-0.39, 0.29) is 12.1 Å². The molecular formula is C18H19FN2O2S. The summed E-state index contributed by atoms with van der Waals surface area (Å²) in [6, 6.07) is 5.87. The molecule has 2 heterocycles. The van der Waals surface area contributed by atoms with E-state index >= 15 is 0 Å². The zero-order valence-corrected chi connectivity index (χ0v) is 15.0. The lowest BCUT2D eigenvalue weighted by atomic mass is 10.0. The number of hydrogen-bond donors (Lipinski definition) is 0. The van der Waals surface area contributed by atoms with Gasteiger partial charge in [0.25, 0.3) is 5.56 Å². The monoisotopic (exact) mass is 346 g/mol. The van der Waals surface area contributed by atoms with Gasteiger partial charge in [-0.3, -0.25) is 9.36 Å². The van der Waals surface area contributed by atoms with Crippen LogP contribution in [-0.2, 0) is 6.54 Å². The number of alkyl halides is 1. The van der Waals surface area contributed by atoms with Gasteiger partial charge in [0.15, 0.2) is 0 Å². The molecule has 126 valence electrons. The van der Waals surface area contributed by atoms with E-state index in [0.717, 1.165) is 21.6 Å². The van der Waals surface area contributed by atoms with Crippen molar-refractivity contribution in [3.05, 3.63) is 44.8 Å². The molecule has 0 aliphatic heterocycles. The molecule has 24 heavy (non-hydrogen) atoms. The number of rotatable bonds is 4. The Kier molecular flexibility index (Phi) is 4.41. The molecule has 2 aromatic heterocycles. The van der Waals surface area contributed by atoms with Gasteiger partial charge in [0.05, 0.1) is 19.0 Å². The molecule has 0 saturated carbocycles. The summed E-state index contributed by atoms with van der Waals surface area (Å²) >= 11 is 1.48. The zero-order chi connectivity index (χ0) is 17.4. The number of methoxy groups -OCH3 is 1. The molecule has 0 fully saturated rings. The number of hydrogen-bond acceptors (Lipinski definition) is 4. The summed E-state index contributed by atoms with van der Waals surface area (Å²) < 4.78 is 19.7. The van der Waals surface area contributed by atoms with Crippen molar-refractivity contribution in [2.24, 2.45) is 0 Å². The molecule has 0 bridgehead atoms. The number of aromatic nitrogens is 2. The van der Waals surface area contributed by atoms with Crippen LogP contribution in [-0.4, -0.2) is 23.3 Å². The lowest BCUT2D eigenvalue weighted by Gasteiger charge is -2.11. The maximum Gasteiger partial charge on any atom is 0.262 e. The summed E-state index contributed by atoms with van der Waals surface area (Å²) in [5.41, 5.74) is 2.59. The van der Waals surface area contributed by atoms with E-state index in [1.54, 1.807) is 14.0 Å². The molecule has 6 heteroatoms. The Morgan fingerprint density at radius 3 is 2.71 bits per heavy atom. The van der Waals surface area contributed by atoms with Crippen LogP contribution in [0.15, 0.2) is 23.0 Å². The van der Waals surface area contributed by atoms with Gasteiger partial charge in [0.1, 0.15) is 23.1 Å². The minimum atomic E-state index is -0.597. The van der Waals surface area contributed by atoms with Crippen LogP contribution < -0.4 is 10.3 Å². The van der Waals surface area contributed by atoms with E-state index in [1.165, 1.54) is 15.9 Å². The minimum absolute atomic E-state index is 0.0207. The predicted octanol–water partition coefficient (Wildman–Crippen LogP) is 4.03. The highest BCUT2D eigenvalue weighted by molar-refractivity contribution is 7.19. The number of benzene rings is 1. The molecule has 0 aliphatic carbocycles. The fraction of sp³-hybridized carbons (Fsp3) is 0.333. The van der Waals surface area contributed by atoms with E-state index in [2.05, 4.69) is 4.98 Å². The van der Waals surface area contributed by atoms with Crippen LogP contribution in [0.2, 0.25) is 0 Å². The van der Waals surface area contributed by atoms with Crippen molar-refractivity contribution in [3.63, 3.8) is 0 Å². The van der Waals surface area contributed by atoms with Crippen LogP contribution >= 0.6 is 11.3 Å². The van der Waals surface area contributed by atoms with E-state index in [0.29, 0.717) is 21.8 Å². The number of thiophene rings is 1. The Labute approximate surface area is 143 Å². The average molecular weight is 346 g/mol. The maximum absolute atomic E-state index is 13.0. The van der Waals surface area contributed by atoms with Gasteiger partial charge in [-0.15, -0.1) is 11.3 Å². The number of ether oxygens (including phenoxy) is 1. The topological polar surface area (TPSA) is 44.1 Å². The third-order valence-electron chi connectivity index (χ3n) is 4.11. The highest BCUT2D eigenvalue weighted by Crippen LogP contribution is 2.40. The Bertz CT molecular complexity index is 975. The summed E-state index contributed by atoms with van der Waals surface area (Å²) in [5.74, 6) is 1.24. The average Bonchev–Trinajstić information content (AvgIpc) is 2.87. The molecule has 3 rings (SSSR count). The largest absolute Gasteiger partial charge is 0.496 e. The Balaban J connectivity index is 2.41. The molecule has 4 nitrogen and oxygen atoms in total. The fourth-order valence-corrected chi connectivity index (χ4v) is 4.06. The maximum atomic E-state index is 13.0. The molecule has 1 aromatic carbocycles. The summed E-state index contributed by atoms with van der Waals surface area (Å²) in [7, 11) is 1.61. The van der Waals surface area contributed by atoms with Crippen LogP contribution in [0.25, 0.3) is 21.3 Å². The van der Waals surface area contributed by atoms with Crippen molar-refractivity contribution in [2.45, 2.75) is 27.3 Å². The van der Waals surface area contributed by atoms with E-state index in [1.807, 2.05) is 32.0 Å². The molecule has 0 aliphatic rings. The van der Waals surface area contributed by atoms with Crippen molar-refractivity contribution in [2.75, 3.05) is 13.8 Å². The van der Waals surface area contributed by atoms with Crippen molar-refractivity contribution in [3.8, 4) is 16.9 Å². The smallest absolute Gasteiger partial charge is 0.262 e. The fourth-order valence-electron chi connectivity index (χ4n) is 2.99. The van der Waals surface area contributed by atoms with Crippen molar-refractivity contribution in [1.82, 2.24) is 9.55 Å². The number of fused-ring (bicyclic) bond motifs is 1. The quantitative estimate of drug-likeness (QED) is 0.716. The summed E-state index contributed by atoms with van der Waals surface area (Å²) in [6.45, 7) is 5.12. The zero-order valence-electron chi connectivity index (χ0n) is 14.1. The molecule has 0 spiro atoms. The van der Waals surface area contributed by atoms with Gasteiger partial charge in [0, 0.05) is 16.0 Å². The molecule has 0 saturated heterocycles. The molecule has 0 atom stereocenters. The van der Waals surface area contributed by atoms with Gasteiger partial charge in [0.2, 0.25) is 0 Å². The highest BCUT2D eigenvalue weighted by Gasteiger charge is 2.20. The van der Waals surface area contributed by atoms with Crippen LogP contribution in [0.1, 0.15) is 16.3 Å². The van der Waals surface area contributed by atoms with Gasteiger partial charge in [-0.05, 0) is 32.9 Å². The van der Waals surface area contributed by atoms with Crippen LogP contribution in [0.5, 0.6) is 5.75 Å². The van der Waals surface area contributed by atoms with Crippen molar-refractivity contribution in [1.29, 1.82) is 0 Å². The second-order valence-corrected chi connectivity index (χ2v) is 6.93. The predicted molar refractivity (Wildman–Crippen MR) is 96.1 cm³/mol. The SMILES string of the molecule is COc1ccc(C)cc1-c1c(C)sc2nc(C)n(CCF)c(=O)c12. The number of halogens is 1. The van der Waals surface area contributed by atoms with E-state index < -0.39 is 6.67 Å². The Morgan fingerprint density at radius 2 is 2.04 bits per heavy atom. The van der Waals surface area contributed by atoms with Gasteiger partial charge < -0.3 is 4.74 Å². The van der Waals surface area contributed by atoms with Gasteiger partial charge >= 0.3 is 0 Å². The molecule has 0 amide bonds. The molecule has 0 radical (unpaired) electrons. The molecule has 3 aromatic rings. The lowest BCUT2D eigenvalue weighted by molar-refractivity contribution is 0.416. The molecule has 0 unspecified atom stereocenters. The first-order valence-corrected chi connectivity index (χ1v) is 8.51. The first-order valence-electron chi connectivity index (χ1n) is 7.69. The minimum Gasteiger partial charge on any atom is -0.496 e. The van der Waals surface area contributed by atoms with Crippen LogP contribution in [0.3, 0.4) is 0 Å². The standard InChI is InChI=1S/C18H19FN2O2S/c1-10-5-6-14(23-4)13(9-10)15-11(2)24-17-16(15)18(22)21(8-7-19)12(3)20-17/h5-6,9H,7-8H2,1-4H3. The summed E-state index contributed by atoms with van der Waals surface area (Å²) in [5, 5.41) is 0.542. The first kappa shape index (κ1) is 16.6. The highest BCUT2D eigenvalue weighted by atomic mass is 32.1. The van der Waals surface area contributed by atoms with Crippen LogP contribution in [0.4, 0.5) is 4.39 Å². The normalized spacial score (nSPS) is 11.2. The first-order chi connectivity index (χ1) is 11.5. The summed E-state index contributed by atoms with van der Waals surface area (Å²) in [4.78, 5) is 19.1. The number of aryl methyl sites for hydroxylation is 3. The van der Waals surface area contributed by atoms with Crippen molar-refractivity contribution < 1.29 is 9.13 Å². The second-order valence-electron chi connectivity index (χ2n) is 5.72. The molecular weight excluding hydrogens is 327 g/mol. The van der Waals surface area contributed by atoms with Gasteiger partial charge in [-0.25, -0.2) is 9.37 Å². The van der Waals surface area contributed by atoms with Crippen molar-refractivity contribution >= 4 is 21.6 Å². The van der Waals surface area contributed by atoms with E-state index in [9.17, 15) is 9.18 Å². The Morgan fingerprint density at radius 1 is 1.29 bits per heavy atom.